The highest BCUT2D eigenvalue weighted by molar-refractivity contribution is 6.02. The molecule has 20 heavy (non-hydrogen) atoms. The number of aromatic nitrogens is 3. The molecule has 7 heteroatoms. The lowest BCUT2D eigenvalue weighted by Crippen LogP contribution is -2.09. The van der Waals surface area contributed by atoms with Crippen LogP contribution in [0.3, 0.4) is 0 Å². The summed E-state index contributed by atoms with van der Waals surface area (Å²) < 4.78 is 1.62. The van der Waals surface area contributed by atoms with Crippen molar-refractivity contribution in [2.24, 2.45) is 7.05 Å². The second-order valence-corrected chi connectivity index (χ2v) is 4.00. The zero-order valence-corrected chi connectivity index (χ0v) is 10.6. The maximum atomic E-state index is 11.7. The van der Waals surface area contributed by atoms with Crippen LogP contribution in [0, 0.1) is 0 Å². The molecule has 0 atom stereocenters. The van der Waals surface area contributed by atoms with Crippen molar-refractivity contribution in [3.8, 4) is 0 Å². The fraction of sp³-hybridized carbons (Fsp3) is 0.0769. The van der Waals surface area contributed by atoms with Crippen LogP contribution >= 0.6 is 0 Å². The molecule has 2 rings (SSSR count). The van der Waals surface area contributed by atoms with Crippen LogP contribution in [0.15, 0.2) is 36.8 Å². The number of hydrogen-bond donors (Lipinski definition) is 2. The number of nitrogens with one attached hydrogen (secondary N) is 1. The maximum Gasteiger partial charge on any atom is 0.354 e. The number of carbonyl (C=O) groups is 2. The molecule has 2 aromatic heterocycles. The van der Waals surface area contributed by atoms with Gasteiger partial charge in [-0.25, -0.2) is 9.78 Å². The first-order valence-corrected chi connectivity index (χ1v) is 5.71. The van der Waals surface area contributed by atoms with Gasteiger partial charge >= 0.3 is 5.97 Å². The summed E-state index contributed by atoms with van der Waals surface area (Å²) in [6.45, 7) is 0. The van der Waals surface area contributed by atoms with Crippen LogP contribution in [0.1, 0.15) is 16.1 Å². The molecule has 2 heterocycles. The molecule has 1 amide bonds. The summed E-state index contributed by atoms with van der Waals surface area (Å²) in [7, 11) is 1.78. The molecule has 0 aliphatic rings. The summed E-state index contributed by atoms with van der Waals surface area (Å²) >= 11 is 0. The lowest BCUT2D eigenvalue weighted by molar-refractivity contribution is -0.111. The highest BCUT2D eigenvalue weighted by atomic mass is 16.4. The summed E-state index contributed by atoms with van der Waals surface area (Å²) in [5.41, 5.74) is 1.04. The molecule has 0 aromatic carbocycles. The number of amides is 1. The number of nitrogens with zero attached hydrogens (tertiary/aromatic N) is 3. The molecular weight excluding hydrogens is 260 g/mol. The average Bonchev–Trinajstić information content (AvgIpc) is 2.82. The van der Waals surface area contributed by atoms with Crippen molar-refractivity contribution in [2.75, 3.05) is 5.32 Å². The number of carboxylic acids is 1. The van der Waals surface area contributed by atoms with E-state index in [0.29, 0.717) is 5.69 Å². The van der Waals surface area contributed by atoms with Crippen LogP contribution in [0.5, 0.6) is 0 Å². The van der Waals surface area contributed by atoms with Crippen molar-refractivity contribution in [1.82, 2.24) is 14.8 Å². The Hall–Kier alpha value is -2.96. The topological polar surface area (TPSA) is 97.1 Å². The van der Waals surface area contributed by atoms with Crippen LogP contribution in [0.4, 0.5) is 5.69 Å². The van der Waals surface area contributed by atoms with Gasteiger partial charge in [-0.3, -0.25) is 9.48 Å². The predicted molar refractivity (Wildman–Crippen MR) is 72.1 cm³/mol. The molecule has 0 spiro atoms. The molecule has 0 saturated heterocycles. The van der Waals surface area contributed by atoms with Crippen LogP contribution in [-0.4, -0.2) is 31.7 Å². The van der Waals surface area contributed by atoms with Gasteiger partial charge in [0.05, 0.1) is 6.20 Å². The van der Waals surface area contributed by atoms with Crippen molar-refractivity contribution in [3.63, 3.8) is 0 Å². The van der Waals surface area contributed by atoms with Crippen LogP contribution in [0.25, 0.3) is 6.08 Å². The monoisotopic (exact) mass is 272 g/mol. The van der Waals surface area contributed by atoms with E-state index in [1.54, 1.807) is 30.2 Å². The molecule has 2 aromatic rings. The number of aromatic carboxylic acids is 1. The number of rotatable bonds is 4. The van der Waals surface area contributed by atoms with Crippen molar-refractivity contribution < 1.29 is 14.7 Å². The number of pyridine rings is 1. The molecule has 2 N–H and O–H groups in total. The number of anilines is 1. The van der Waals surface area contributed by atoms with E-state index in [-0.39, 0.29) is 11.6 Å². The van der Waals surface area contributed by atoms with Crippen LogP contribution < -0.4 is 5.32 Å². The van der Waals surface area contributed by atoms with E-state index in [0.717, 1.165) is 5.56 Å². The molecular formula is C13H12N4O3. The van der Waals surface area contributed by atoms with E-state index >= 15 is 0 Å². The maximum absolute atomic E-state index is 11.7. The second-order valence-electron chi connectivity index (χ2n) is 4.00. The first-order chi connectivity index (χ1) is 9.54. The third-order valence-electron chi connectivity index (χ3n) is 2.40. The molecule has 0 unspecified atom stereocenters. The number of hydrogen-bond acceptors (Lipinski definition) is 4. The highest BCUT2D eigenvalue weighted by Gasteiger charge is 2.06. The number of carbonyl (C=O) groups excluding carboxylic acids is 1. The van der Waals surface area contributed by atoms with Gasteiger partial charge in [-0.15, -0.1) is 0 Å². The van der Waals surface area contributed by atoms with Crippen LogP contribution in [-0.2, 0) is 11.8 Å². The first-order valence-electron chi connectivity index (χ1n) is 5.71. The zero-order chi connectivity index (χ0) is 14.5. The Bertz CT molecular complexity index is 676. The minimum Gasteiger partial charge on any atom is -0.477 e. The van der Waals surface area contributed by atoms with E-state index < -0.39 is 5.97 Å². The Morgan fingerprint density at radius 2 is 2.25 bits per heavy atom. The quantitative estimate of drug-likeness (QED) is 0.814. The third kappa shape index (κ3) is 3.52. The Kier molecular flexibility index (Phi) is 3.90. The van der Waals surface area contributed by atoms with Gasteiger partial charge in [0.1, 0.15) is 5.69 Å². The largest absolute Gasteiger partial charge is 0.477 e. The predicted octanol–water partition coefficient (Wildman–Crippen LogP) is 1.17. The minimum atomic E-state index is -1.15. The van der Waals surface area contributed by atoms with Gasteiger partial charge in [-0.05, 0) is 18.2 Å². The smallest absolute Gasteiger partial charge is 0.354 e. The van der Waals surface area contributed by atoms with Crippen molar-refractivity contribution in [1.29, 1.82) is 0 Å². The molecule has 7 nitrogen and oxygen atoms in total. The Morgan fingerprint density at radius 1 is 1.45 bits per heavy atom. The fourth-order valence-corrected chi connectivity index (χ4v) is 1.51. The van der Waals surface area contributed by atoms with Crippen molar-refractivity contribution in [3.05, 3.63) is 48.1 Å². The summed E-state index contributed by atoms with van der Waals surface area (Å²) in [4.78, 5) is 26.1. The molecule has 0 aliphatic heterocycles. The Balaban J connectivity index is 2.02. The summed E-state index contributed by atoms with van der Waals surface area (Å²) in [6, 6.07) is 2.81. The van der Waals surface area contributed by atoms with E-state index in [9.17, 15) is 9.59 Å². The Morgan fingerprint density at radius 3 is 2.90 bits per heavy atom. The lowest BCUT2D eigenvalue weighted by Gasteiger charge is -2.02. The lowest BCUT2D eigenvalue weighted by atomic mass is 10.3. The Labute approximate surface area is 114 Å². The van der Waals surface area contributed by atoms with Gasteiger partial charge in [-0.2, -0.15) is 5.10 Å². The molecule has 0 fully saturated rings. The SMILES string of the molecule is Cn1cc(C=CC(=O)Nc2ccnc(C(=O)O)c2)cn1. The van der Waals surface area contributed by atoms with E-state index in [2.05, 4.69) is 15.4 Å². The van der Waals surface area contributed by atoms with Gasteiger partial charge in [0.2, 0.25) is 5.91 Å². The average molecular weight is 272 g/mol. The van der Waals surface area contributed by atoms with E-state index in [4.69, 9.17) is 5.11 Å². The van der Waals surface area contributed by atoms with Gasteiger partial charge in [0.25, 0.3) is 0 Å². The highest BCUT2D eigenvalue weighted by Crippen LogP contribution is 2.08. The van der Waals surface area contributed by atoms with Gasteiger partial charge < -0.3 is 10.4 Å². The van der Waals surface area contributed by atoms with Crippen molar-refractivity contribution >= 4 is 23.6 Å². The standard InChI is InChI=1S/C13H12N4O3/c1-17-8-9(7-15-17)2-3-12(18)16-10-4-5-14-11(6-10)13(19)20/h2-8H,1H3,(H,19,20)(H,14,16,18). The summed E-state index contributed by atoms with van der Waals surface area (Å²) in [5.74, 6) is -1.51. The van der Waals surface area contributed by atoms with Crippen LogP contribution in [0.2, 0.25) is 0 Å². The van der Waals surface area contributed by atoms with Crippen molar-refractivity contribution in [2.45, 2.75) is 0 Å². The van der Waals surface area contributed by atoms with Gasteiger partial charge in [0, 0.05) is 36.8 Å². The molecule has 0 bridgehead atoms. The molecule has 0 saturated carbocycles. The van der Waals surface area contributed by atoms with E-state index in [1.165, 1.54) is 24.4 Å². The molecule has 0 radical (unpaired) electrons. The van der Waals surface area contributed by atoms with Gasteiger partial charge in [0.15, 0.2) is 0 Å². The summed E-state index contributed by atoms with van der Waals surface area (Å²) in [6.07, 6.45) is 7.67. The third-order valence-corrected chi connectivity index (χ3v) is 2.40. The van der Waals surface area contributed by atoms with E-state index in [1.807, 2.05) is 0 Å². The summed E-state index contributed by atoms with van der Waals surface area (Å²) in [5, 5.41) is 15.3. The fourth-order valence-electron chi connectivity index (χ4n) is 1.51. The molecule has 102 valence electrons. The second kappa shape index (κ2) is 5.79. The minimum absolute atomic E-state index is 0.126. The zero-order valence-electron chi connectivity index (χ0n) is 10.6. The normalized spacial score (nSPS) is 10.7. The first kappa shape index (κ1) is 13.5. The van der Waals surface area contributed by atoms with Gasteiger partial charge in [-0.1, -0.05) is 0 Å². The molecule has 0 aliphatic carbocycles. The number of carboxylic acid groups (broad SMARTS) is 1. The number of aryl methyl sites for hydroxylation is 1.